The Morgan fingerprint density at radius 1 is 1.35 bits per heavy atom. The molecule has 0 radical (unpaired) electrons. The minimum absolute atomic E-state index is 0.295. The van der Waals surface area contributed by atoms with Crippen LogP contribution in [0.3, 0.4) is 0 Å². The van der Waals surface area contributed by atoms with E-state index >= 15 is 0 Å². The first-order valence-electron chi connectivity index (χ1n) is 5.55. The molecule has 2 nitrogen and oxygen atoms in total. The van der Waals surface area contributed by atoms with E-state index < -0.39 is 6.10 Å². The van der Waals surface area contributed by atoms with Crippen molar-refractivity contribution < 1.29 is 13.9 Å². The molecular weight excluding hydrogens is 239 g/mol. The number of aliphatic hydroxyl groups excluding tert-OH is 1. The van der Waals surface area contributed by atoms with Crippen LogP contribution in [0.2, 0.25) is 0 Å². The summed E-state index contributed by atoms with van der Waals surface area (Å²) < 4.78 is 18.5. The Morgan fingerprint density at radius 2 is 2.12 bits per heavy atom. The summed E-state index contributed by atoms with van der Waals surface area (Å²) in [5.41, 5.74) is 0.606. The lowest BCUT2D eigenvalue weighted by Crippen LogP contribution is -2.01. The zero-order valence-corrected chi connectivity index (χ0v) is 10.6. The topological polar surface area (TPSA) is 33.4 Å². The second-order valence-corrected chi connectivity index (χ2v) is 5.84. The normalized spacial score (nSPS) is 13.5. The van der Waals surface area contributed by atoms with Crippen molar-refractivity contribution in [2.24, 2.45) is 0 Å². The molecule has 4 heteroatoms. The van der Waals surface area contributed by atoms with Gasteiger partial charge in [0.15, 0.2) is 0 Å². The molecule has 0 aliphatic heterocycles. The van der Waals surface area contributed by atoms with Crippen molar-refractivity contribution in [1.82, 2.24) is 0 Å². The Balaban J connectivity index is 2.18. The first kappa shape index (κ1) is 12.5. The molecule has 0 amide bonds. The number of aliphatic hydroxyl groups is 1. The van der Waals surface area contributed by atoms with E-state index in [0.717, 1.165) is 0 Å². The van der Waals surface area contributed by atoms with E-state index in [2.05, 4.69) is 13.8 Å². The molecule has 1 aromatic heterocycles. The lowest BCUT2D eigenvalue weighted by molar-refractivity contribution is 0.176. The van der Waals surface area contributed by atoms with Crippen molar-refractivity contribution in [3.05, 3.63) is 35.8 Å². The molecule has 0 aliphatic carbocycles. The van der Waals surface area contributed by atoms with Crippen LogP contribution in [0.1, 0.15) is 25.7 Å². The highest BCUT2D eigenvalue weighted by molar-refractivity contribution is 7.99. The van der Waals surface area contributed by atoms with E-state index in [4.69, 9.17) is 4.42 Å². The van der Waals surface area contributed by atoms with Crippen LogP contribution >= 0.6 is 11.8 Å². The molecule has 0 saturated heterocycles. The molecular formula is C13H15FO2S. The Morgan fingerprint density at radius 3 is 2.82 bits per heavy atom. The zero-order chi connectivity index (χ0) is 12.4. The van der Waals surface area contributed by atoms with Crippen LogP contribution in [-0.4, -0.2) is 16.1 Å². The summed E-state index contributed by atoms with van der Waals surface area (Å²) in [4.78, 5) is 0. The molecule has 0 spiro atoms. The number of thioether (sulfide) groups is 1. The van der Waals surface area contributed by atoms with Gasteiger partial charge in [0.1, 0.15) is 23.3 Å². The SMILES string of the molecule is CC(C)SCC(O)c1cc2cc(F)ccc2o1. The predicted octanol–water partition coefficient (Wildman–Crippen LogP) is 3.75. The van der Waals surface area contributed by atoms with Gasteiger partial charge in [-0.15, -0.1) is 0 Å². The average molecular weight is 254 g/mol. The van der Waals surface area contributed by atoms with E-state index in [-0.39, 0.29) is 5.82 Å². The molecule has 0 saturated carbocycles. The first-order valence-corrected chi connectivity index (χ1v) is 6.60. The summed E-state index contributed by atoms with van der Waals surface area (Å²) in [6.07, 6.45) is -0.641. The van der Waals surface area contributed by atoms with Gasteiger partial charge in [0.05, 0.1) is 0 Å². The Labute approximate surface area is 104 Å². The average Bonchev–Trinajstić information content (AvgIpc) is 2.68. The van der Waals surface area contributed by atoms with E-state index in [1.165, 1.54) is 12.1 Å². The van der Waals surface area contributed by atoms with Crippen molar-refractivity contribution in [3.8, 4) is 0 Å². The Hall–Kier alpha value is -1.00. The van der Waals surface area contributed by atoms with Gasteiger partial charge in [-0.1, -0.05) is 13.8 Å². The fourth-order valence-electron chi connectivity index (χ4n) is 1.56. The van der Waals surface area contributed by atoms with Gasteiger partial charge in [0, 0.05) is 11.1 Å². The van der Waals surface area contributed by atoms with Crippen molar-refractivity contribution >= 4 is 22.7 Å². The van der Waals surface area contributed by atoms with Gasteiger partial charge < -0.3 is 9.52 Å². The number of hydrogen-bond acceptors (Lipinski definition) is 3. The Kier molecular flexibility index (Phi) is 3.74. The third kappa shape index (κ3) is 3.01. The highest BCUT2D eigenvalue weighted by atomic mass is 32.2. The minimum atomic E-state index is -0.641. The van der Waals surface area contributed by atoms with E-state index in [1.54, 1.807) is 23.9 Å². The summed E-state index contributed by atoms with van der Waals surface area (Å²) >= 11 is 1.66. The number of halogens is 1. The molecule has 1 atom stereocenters. The van der Waals surface area contributed by atoms with Crippen LogP contribution < -0.4 is 0 Å². The largest absolute Gasteiger partial charge is 0.458 e. The number of rotatable bonds is 4. The third-order valence-electron chi connectivity index (χ3n) is 2.41. The molecule has 0 aliphatic rings. The number of fused-ring (bicyclic) bond motifs is 1. The van der Waals surface area contributed by atoms with E-state index in [1.807, 2.05) is 0 Å². The monoisotopic (exact) mass is 254 g/mol. The maximum absolute atomic E-state index is 13.0. The van der Waals surface area contributed by atoms with Gasteiger partial charge in [-0.25, -0.2) is 4.39 Å². The molecule has 17 heavy (non-hydrogen) atoms. The van der Waals surface area contributed by atoms with Crippen molar-refractivity contribution in [2.75, 3.05) is 5.75 Å². The van der Waals surface area contributed by atoms with Gasteiger partial charge in [0.2, 0.25) is 0 Å². The van der Waals surface area contributed by atoms with Crippen LogP contribution in [0, 0.1) is 5.82 Å². The van der Waals surface area contributed by atoms with Crippen LogP contribution in [-0.2, 0) is 0 Å². The van der Waals surface area contributed by atoms with Gasteiger partial charge in [0.25, 0.3) is 0 Å². The fraction of sp³-hybridized carbons (Fsp3) is 0.385. The second-order valence-electron chi connectivity index (χ2n) is 4.23. The molecule has 92 valence electrons. The summed E-state index contributed by atoms with van der Waals surface area (Å²) in [6.45, 7) is 4.15. The maximum atomic E-state index is 13.0. The lowest BCUT2D eigenvalue weighted by Gasteiger charge is -2.08. The van der Waals surface area contributed by atoms with Crippen molar-refractivity contribution in [1.29, 1.82) is 0 Å². The molecule has 1 heterocycles. The van der Waals surface area contributed by atoms with Gasteiger partial charge in [-0.2, -0.15) is 11.8 Å². The summed E-state index contributed by atoms with van der Waals surface area (Å²) in [6, 6.07) is 6.04. The lowest BCUT2D eigenvalue weighted by atomic mass is 10.2. The van der Waals surface area contributed by atoms with Gasteiger partial charge in [-0.05, 0) is 29.5 Å². The third-order valence-corrected chi connectivity index (χ3v) is 3.59. The van der Waals surface area contributed by atoms with Gasteiger partial charge in [-0.3, -0.25) is 0 Å². The molecule has 1 unspecified atom stereocenters. The molecule has 1 aromatic carbocycles. The van der Waals surface area contributed by atoms with Crippen molar-refractivity contribution in [3.63, 3.8) is 0 Å². The number of hydrogen-bond donors (Lipinski definition) is 1. The standard InChI is InChI=1S/C13H15FO2S/c1-8(2)17-7-11(15)13-6-9-5-10(14)3-4-12(9)16-13/h3-6,8,11,15H,7H2,1-2H3. The smallest absolute Gasteiger partial charge is 0.134 e. The molecule has 0 bridgehead atoms. The predicted molar refractivity (Wildman–Crippen MR) is 68.7 cm³/mol. The quantitative estimate of drug-likeness (QED) is 0.902. The molecule has 2 rings (SSSR count). The van der Waals surface area contributed by atoms with Crippen LogP contribution in [0.15, 0.2) is 28.7 Å². The molecule has 1 N–H and O–H groups in total. The first-order chi connectivity index (χ1) is 8.06. The van der Waals surface area contributed by atoms with E-state index in [0.29, 0.717) is 27.7 Å². The van der Waals surface area contributed by atoms with Crippen molar-refractivity contribution in [2.45, 2.75) is 25.2 Å². The second kappa shape index (κ2) is 5.10. The van der Waals surface area contributed by atoms with Gasteiger partial charge >= 0.3 is 0 Å². The summed E-state index contributed by atoms with van der Waals surface area (Å²) in [7, 11) is 0. The van der Waals surface area contributed by atoms with E-state index in [9.17, 15) is 9.50 Å². The van der Waals surface area contributed by atoms with Crippen LogP contribution in [0.5, 0.6) is 0 Å². The zero-order valence-electron chi connectivity index (χ0n) is 9.81. The molecule has 0 fully saturated rings. The summed E-state index contributed by atoms with van der Waals surface area (Å²) in [5.74, 6) is 0.787. The highest BCUT2D eigenvalue weighted by Gasteiger charge is 2.14. The number of benzene rings is 1. The molecule has 2 aromatic rings. The highest BCUT2D eigenvalue weighted by Crippen LogP contribution is 2.27. The fourth-order valence-corrected chi connectivity index (χ4v) is 2.30. The maximum Gasteiger partial charge on any atom is 0.134 e. The Bertz CT molecular complexity index is 507. The van der Waals surface area contributed by atoms with Crippen LogP contribution in [0.4, 0.5) is 4.39 Å². The van der Waals surface area contributed by atoms with Crippen LogP contribution in [0.25, 0.3) is 11.0 Å². The minimum Gasteiger partial charge on any atom is -0.458 e. The number of furan rings is 1. The summed E-state index contributed by atoms with van der Waals surface area (Å²) in [5, 5.41) is 11.1.